The Kier molecular flexibility index (Phi) is 8.54. The number of hydrogen-bond acceptors (Lipinski definition) is 6. The molecule has 0 bridgehead atoms. The van der Waals surface area contributed by atoms with Crippen molar-refractivity contribution in [2.75, 3.05) is 5.32 Å². The molecule has 35 heavy (non-hydrogen) atoms. The zero-order valence-electron chi connectivity index (χ0n) is 19.2. The monoisotopic (exact) mass is 596 g/mol. The summed E-state index contributed by atoms with van der Waals surface area (Å²) in [4.78, 5) is 12.6. The molecule has 1 heterocycles. The van der Waals surface area contributed by atoms with E-state index in [-0.39, 0.29) is 5.91 Å². The average Bonchev–Trinajstić information content (AvgIpc) is 3.24. The fraction of sp³-hybridized carbons (Fsp3) is 0.154. The van der Waals surface area contributed by atoms with Crippen molar-refractivity contribution in [2.24, 2.45) is 5.10 Å². The molecule has 1 amide bonds. The summed E-state index contributed by atoms with van der Waals surface area (Å²) in [6, 6.07) is 22.3. The molecule has 3 aromatic carbocycles. The number of aromatic nitrogens is 3. The quantitative estimate of drug-likeness (QED) is 0.0835. The molecule has 0 radical (unpaired) electrons. The van der Waals surface area contributed by atoms with E-state index in [4.69, 9.17) is 0 Å². The summed E-state index contributed by atoms with van der Waals surface area (Å²) in [5.41, 5.74) is 4.55. The van der Waals surface area contributed by atoms with E-state index in [2.05, 4.69) is 61.3 Å². The van der Waals surface area contributed by atoms with Gasteiger partial charge in [0.25, 0.3) is 5.91 Å². The third kappa shape index (κ3) is 6.70. The minimum absolute atomic E-state index is 0.209. The molecule has 0 fully saturated rings. The largest absolute Gasteiger partial charge is 0.378 e. The zero-order chi connectivity index (χ0) is 24.6. The summed E-state index contributed by atoms with van der Waals surface area (Å²) in [6.07, 6.45) is 3.44. The van der Waals surface area contributed by atoms with Crippen LogP contribution in [0.15, 0.2) is 89.6 Å². The number of carbonyl (C=O) groups is 1. The van der Waals surface area contributed by atoms with E-state index in [1.165, 1.54) is 15.3 Å². The molecule has 1 aromatic heterocycles. The lowest BCUT2D eigenvalue weighted by Crippen LogP contribution is -2.27. The van der Waals surface area contributed by atoms with Crippen LogP contribution in [-0.2, 0) is 17.9 Å². The van der Waals surface area contributed by atoms with Gasteiger partial charge in [-0.2, -0.15) is 5.10 Å². The minimum Gasteiger partial charge on any atom is -0.378 e. The molecule has 0 saturated carbocycles. The predicted molar refractivity (Wildman–Crippen MR) is 152 cm³/mol. The number of hydrogen-bond donors (Lipinski definition) is 2. The Bertz CT molecular complexity index is 1350. The van der Waals surface area contributed by atoms with E-state index in [0.717, 1.165) is 27.8 Å². The van der Waals surface area contributed by atoms with Crippen LogP contribution in [0.2, 0.25) is 0 Å². The third-order valence-electron chi connectivity index (χ3n) is 5.21. The molecule has 0 aliphatic rings. The second-order valence-electron chi connectivity index (χ2n) is 7.76. The second kappa shape index (κ2) is 12.0. The molecule has 1 atom stereocenters. The van der Waals surface area contributed by atoms with Crippen molar-refractivity contribution in [3.8, 4) is 0 Å². The first kappa shape index (κ1) is 24.9. The Labute approximate surface area is 222 Å². The summed E-state index contributed by atoms with van der Waals surface area (Å²) < 4.78 is 3.13. The summed E-state index contributed by atoms with van der Waals surface area (Å²) in [7, 11) is 0. The fourth-order valence-electron chi connectivity index (χ4n) is 3.36. The third-order valence-corrected chi connectivity index (χ3v) is 7.01. The van der Waals surface area contributed by atoms with Crippen molar-refractivity contribution in [3.63, 3.8) is 0 Å². The first-order chi connectivity index (χ1) is 17.0. The van der Waals surface area contributed by atoms with E-state index in [9.17, 15) is 4.79 Å². The molecule has 0 aliphatic carbocycles. The Morgan fingerprint density at radius 1 is 1.14 bits per heavy atom. The number of hydrazone groups is 1. The van der Waals surface area contributed by atoms with Crippen LogP contribution < -0.4 is 10.7 Å². The molecule has 2 N–H and O–H groups in total. The Balaban J connectivity index is 1.36. The van der Waals surface area contributed by atoms with Gasteiger partial charge in [-0.1, -0.05) is 54.2 Å². The van der Waals surface area contributed by atoms with Crippen molar-refractivity contribution in [1.29, 1.82) is 0 Å². The van der Waals surface area contributed by atoms with Gasteiger partial charge in [-0.05, 0) is 76.2 Å². The molecular weight excluding hydrogens is 571 g/mol. The molecule has 4 rings (SSSR count). The SMILES string of the molecule is C=CCn1c(CNc2ccc(I)cc2)nnc1S[C@@H](C)C(=O)N/N=C\c1ccc2ccccc2c1. The lowest BCUT2D eigenvalue weighted by Gasteiger charge is -2.12. The lowest BCUT2D eigenvalue weighted by atomic mass is 10.1. The molecule has 0 unspecified atom stereocenters. The van der Waals surface area contributed by atoms with Gasteiger partial charge in [0.1, 0.15) is 0 Å². The van der Waals surface area contributed by atoms with Crippen molar-refractivity contribution >= 4 is 62.9 Å². The number of fused-ring (bicyclic) bond motifs is 1. The Morgan fingerprint density at radius 3 is 2.69 bits per heavy atom. The number of allylic oxidation sites excluding steroid dienone is 1. The van der Waals surface area contributed by atoms with Gasteiger partial charge in [0.05, 0.1) is 18.0 Å². The van der Waals surface area contributed by atoms with Crippen LogP contribution in [0.1, 0.15) is 18.3 Å². The molecule has 178 valence electrons. The van der Waals surface area contributed by atoms with Crippen molar-refractivity contribution in [2.45, 2.75) is 30.4 Å². The first-order valence-electron chi connectivity index (χ1n) is 11.0. The molecule has 9 heteroatoms. The van der Waals surface area contributed by atoms with Crippen LogP contribution in [0.25, 0.3) is 10.8 Å². The molecule has 4 aromatic rings. The van der Waals surface area contributed by atoms with Gasteiger partial charge in [-0.3, -0.25) is 4.79 Å². The highest BCUT2D eigenvalue weighted by Crippen LogP contribution is 2.23. The summed E-state index contributed by atoms with van der Waals surface area (Å²) in [5.74, 6) is 0.562. The van der Waals surface area contributed by atoms with Crippen molar-refractivity contribution in [1.82, 2.24) is 20.2 Å². The molecule has 0 saturated heterocycles. The second-order valence-corrected chi connectivity index (χ2v) is 10.3. The van der Waals surface area contributed by atoms with E-state index < -0.39 is 5.25 Å². The average molecular weight is 596 g/mol. The zero-order valence-corrected chi connectivity index (χ0v) is 22.2. The number of amides is 1. The van der Waals surface area contributed by atoms with E-state index >= 15 is 0 Å². The predicted octanol–water partition coefficient (Wildman–Crippen LogP) is 5.46. The van der Waals surface area contributed by atoms with Crippen LogP contribution in [0, 0.1) is 3.57 Å². The topological polar surface area (TPSA) is 84.2 Å². The van der Waals surface area contributed by atoms with Gasteiger partial charge in [0.15, 0.2) is 11.0 Å². The number of rotatable bonds is 10. The van der Waals surface area contributed by atoms with Crippen molar-refractivity contribution < 1.29 is 4.79 Å². The molecule has 0 aliphatic heterocycles. The van der Waals surface area contributed by atoms with Gasteiger partial charge in [0.2, 0.25) is 0 Å². The van der Waals surface area contributed by atoms with E-state index in [0.29, 0.717) is 18.2 Å². The summed E-state index contributed by atoms with van der Waals surface area (Å²) >= 11 is 3.61. The van der Waals surface area contributed by atoms with Crippen LogP contribution in [-0.4, -0.2) is 32.1 Å². The fourth-order valence-corrected chi connectivity index (χ4v) is 4.59. The van der Waals surface area contributed by atoms with Gasteiger partial charge in [-0.15, -0.1) is 16.8 Å². The van der Waals surface area contributed by atoms with E-state index in [1.807, 2.05) is 72.2 Å². The number of thioether (sulfide) groups is 1. The lowest BCUT2D eigenvalue weighted by molar-refractivity contribution is -0.120. The minimum atomic E-state index is -0.409. The normalized spacial score (nSPS) is 12.1. The highest BCUT2D eigenvalue weighted by Gasteiger charge is 2.19. The maximum atomic E-state index is 12.6. The van der Waals surface area contributed by atoms with Gasteiger partial charge in [-0.25, -0.2) is 5.43 Å². The maximum absolute atomic E-state index is 12.6. The highest BCUT2D eigenvalue weighted by atomic mass is 127. The Morgan fingerprint density at radius 2 is 1.91 bits per heavy atom. The number of nitrogens with zero attached hydrogens (tertiary/aromatic N) is 4. The van der Waals surface area contributed by atoms with Crippen LogP contribution >= 0.6 is 34.4 Å². The summed E-state index contributed by atoms with van der Waals surface area (Å²) in [6.45, 7) is 6.73. The number of carbonyl (C=O) groups excluding carboxylic acids is 1. The maximum Gasteiger partial charge on any atom is 0.253 e. The van der Waals surface area contributed by atoms with Crippen molar-refractivity contribution in [3.05, 3.63) is 94.3 Å². The number of benzene rings is 3. The van der Waals surface area contributed by atoms with E-state index in [1.54, 1.807) is 12.3 Å². The highest BCUT2D eigenvalue weighted by molar-refractivity contribution is 14.1. The molecule has 0 spiro atoms. The van der Waals surface area contributed by atoms with Crippen LogP contribution in [0.5, 0.6) is 0 Å². The number of nitrogens with one attached hydrogen (secondary N) is 2. The van der Waals surface area contributed by atoms with Crippen LogP contribution in [0.4, 0.5) is 5.69 Å². The first-order valence-corrected chi connectivity index (χ1v) is 13.0. The van der Waals surface area contributed by atoms with Gasteiger partial charge >= 0.3 is 0 Å². The van der Waals surface area contributed by atoms with Gasteiger partial charge in [0, 0.05) is 15.8 Å². The smallest absolute Gasteiger partial charge is 0.253 e. The van der Waals surface area contributed by atoms with Gasteiger partial charge < -0.3 is 9.88 Å². The molecular formula is C26H25IN6OS. The number of anilines is 1. The molecule has 7 nitrogen and oxygen atoms in total. The standard InChI is InChI=1S/C26H25IN6OS/c1-3-14-33-24(17-28-23-12-10-22(27)11-13-23)30-32-26(33)35-18(2)25(34)31-29-16-19-8-9-20-6-4-5-7-21(20)15-19/h3-13,15-16,18,28H,1,14,17H2,2H3,(H,31,34)/b29-16-/t18-/m0/s1. The number of halogens is 1. The van der Waals surface area contributed by atoms with Crippen LogP contribution in [0.3, 0.4) is 0 Å². The summed E-state index contributed by atoms with van der Waals surface area (Å²) in [5, 5.41) is 18.7. The Hall–Kier alpha value is -3.18.